The summed E-state index contributed by atoms with van der Waals surface area (Å²) in [6.07, 6.45) is 0.552. The van der Waals surface area contributed by atoms with Crippen LogP contribution in [-0.4, -0.2) is 60.3 Å². The summed E-state index contributed by atoms with van der Waals surface area (Å²) in [5, 5.41) is 13.9. The molecule has 7 nitrogen and oxygen atoms in total. The van der Waals surface area contributed by atoms with E-state index in [4.69, 9.17) is 21.1 Å². The number of carbonyl (C=O) groups is 2. The fourth-order valence-electron chi connectivity index (χ4n) is 4.46. The van der Waals surface area contributed by atoms with Crippen LogP contribution in [0.5, 0.6) is 11.5 Å². The summed E-state index contributed by atoms with van der Waals surface area (Å²) in [7, 11) is 0. The van der Waals surface area contributed by atoms with E-state index in [0.29, 0.717) is 49.1 Å². The lowest BCUT2D eigenvalue weighted by atomic mass is 9.83. The Labute approximate surface area is 197 Å². The molecule has 2 unspecified atom stereocenters. The number of aryl methyl sites for hydroxylation is 1. The highest BCUT2D eigenvalue weighted by Gasteiger charge is 2.39. The van der Waals surface area contributed by atoms with Gasteiger partial charge < -0.3 is 24.8 Å². The van der Waals surface area contributed by atoms with Crippen molar-refractivity contribution >= 4 is 29.1 Å². The van der Waals surface area contributed by atoms with Gasteiger partial charge in [-0.2, -0.15) is 0 Å². The van der Waals surface area contributed by atoms with Gasteiger partial charge in [0.2, 0.25) is 5.91 Å². The lowest BCUT2D eigenvalue weighted by Crippen LogP contribution is -2.61. The van der Waals surface area contributed by atoms with Gasteiger partial charge in [-0.25, -0.2) is 4.79 Å². The number of rotatable bonds is 7. The van der Waals surface area contributed by atoms with E-state index >= 15 is 0 Å². The molecule has 8 heteroatoms. The number of carbonyl (C=O) groups excluding carboxylic acids is 1. The van der Waals surface area contributed by atoms with Crippen LogP contribution in [0.15, 0.2) is 48.0 Å². The van der Waals surface area contributed by atoms with E-state index in [1.807, 2.05) is 43.3 Å². The quantitative estimate of drug-likeness (QED) is 0.602. The topological polar surface area (TPSA) is 88.1 Å². The molecular weight excluding hydrogens is 444 g/mol. The predicted molar refractivity (Wildman–Crippen MR) is 126 cm³/mol. The molecule has 2 heterocycles. The number of amides is 1. The number of carboxylic acids is 1. The van der Waals surface area contributed by atoms with Crippen molar-refractivity contribution in [2.24, 2.45) is 0 Å². The summed E-state index contributed by atoms with van der Waals surface area (Å²) in [4.78, 5) is 25.6. The van der Waals surface area contributed by atoms with Crippen LogP contribution in [0, 0.1) is 6.92 Å². The van der Waals surface area contributed by atoms with Crippen molar-refractivity contribution in [3.63, 3.8) is 0 Å². The number of hydrogen-bond donors (Lipinski definition) is 2. The Kier molecular flexibility index (Phi) is 6.91. The van der Waals surface area contributed by atoms with Gasteiger partial charge >= 0.3 is 5.97 Å². The highest BCUT2D eigenvalue weighted by molar-refractivity contribution is 6.30. The Morgan fingerprint density at radius 3 is 2.52 bits per heavy atom. The third-order valence-electron chi connectivity index (χ3n) is 6.03. The third-order valence-corrected chi connectivity index (χ3v) is 6.26. The predicted octanol–water partition coefficient (Wildman–Crippen LogP) is 3.54. The molecule has 0 saturated carbocycles. The van der Waals surface area contributed by atoms with E-state index < -0.39 is 5.97 Å². The summed E-state index contributed by atoms with van der Waals surface area (Å²) in [5.74, 6) is 0.466. The van der Waals surface area contributed by atoms with Crippen molar-refractivity contribution in [2.75, 3.05) is 26.3 Å². The minimum Gasteiger partial charge on any atom is -0.490 e. The number of benzene rings is 2. The fourth-order valence-corrected chi connectivity index (χ4v) is 4.69. The molecule has 0 spiro atoms. The van der Waals surface area contributed by atoms with Crippen LogP contribution in [0.1, 0.15) is 24.5 Å². The third kappa shape index (κ3) is 5.31. The zero-order chi connectivity index (χ0) is 23.5. The van der Waals surface area contributed by atoms with Gasteiger partial charge in [-0.15, -0.1) is 0 Å². The highest BCUT2D eigenvalue weighted by Crippen LogP contribution is 2.34. The van der Waals surface area contributed by atoms with Gasteiger partial charge in [-0.3, -0.25) is 4.79 Å². The van der Waals surface area contributed by atoms with E-state index in [-0.39, 0.29) is 18.0 Å². The number of hydrogen-bond acceptors (Lipinski definition) is 5. The molecular formula is C25H27ClN2O5. The van der Waals surface area contributed by atoms with Crippen molar-refractivity contribution in [2.45, 2.75) is 32.4 Å². The molecule has 2 bridgehead atoms. The van der Waals surface area contributed by atoms with Crippen LogP contribution in [0.25, 0.3) is 5.57 Å². The van der Waals surface area contributed by atoms with Crippen LogP contribution >= 0.6 is 11.6 Å². The largest absolute Gasteiger partial charge is 0.490 e. The first-order chi connectivity index (χ1) is 15.8. The fraction of sp³-hybridized carbons (Fsp3) is 0.360. The van der Waals surface area contributed by atoms with Crippen molar-refractivity contribution in [1.29, 1.82) is 0 Å². The molecule has 2 atom stereocenters. The van der Waals surface area contributed by atoms with Crippen LogP contribution in [-0.2, 0) is 9.59 Å². The summed E-state index contributed by atoms with van der Waals surface area (Å²) in [6.45, 7) is 5.17. The van der Waals surface area contributed by atoms with Crippen LogP contribution in [0.2, 0.25) is 5.02 Å². The minimum absolute atomic E-state index is 0.0311. The Balaban J connectivity index is 1.41. The first-order valence-electron chi connectivity index (χ1n) is 10.9. The molecule has 174 valence electrons. The zero-order valence-electron chi connectivity index (χ0n) is 18.6. The van der Waals surface area contributed by atoms with E-state index in [1.165, 1.54) is 6.92 Å². The van der Waals surface area contributed by atoms with Gasteiger partial charge in [-0.1, -0.05) is 23.7 Å². The van der Waals surface area contributed by atoms with Gasteiger partial charge in [0.05, 0.1) is 11.6 Å². The van der Waals surface area contributed by atoms with Crippen LogP contribution in [0.4, 0.5) is 0 Å². The summed E-state index contributed by atoms with van der Waals surface area (Å²) >= 11 is 5.96. The van der Waals surface area contributed by atoms with Crippen LogP contribution in [0.3, 0.4) is 0 Å². The molecule has 1 amide bonds. The van der Waals surface area contributed by atoms with Gasteiger partial charge in [0.1, 0.15) is 24.7 Å². The van der Waals surface area contributed by atoms with Crippen molar-refractivity contribution in [1.82, 2.24) is 10.2 Å². The number of fused-ring (bicyclic) bond motifs is 2. The molecule has 2 aromatic rings. The molecule has 2 aliphatic heterocycles. The number of nitrogens with one attached hydrogen (secondary N) is 1. The van der Waals surface area contributed by atoms with Crippen molar-refractivity contribution in [3.8, 4) is 11.5 Å². The Bertz CT molecular complexity index is 1080. The Morgan fingerprint density at radius 2 is 1.85 bits per heavy atom. The zero-order valence-corrected chi connectivity index (χ0v) is 19.4. The number of halogens is 1. The van der Waals surface area contributed by atoms with Crippen LogP contribution < -0.4 is 14.8 Å². The maximum absolute atomic E-state index is 12.1. The normalized spacial score (nSPS) is 19.9. The average Bonchev–Trinajstić information content (AvgIpc) is 2.77. The molecule has 1 saturated heterocycles. The molecule has 0 radical (unpaired) electrons. The molecule has 2 N–H and O–H groups in total. The first-order valence-corrected chi connectivity index (χ1v) is 11.3. The Morgan fingerprint density at radius 1 is 1.12 bits per heavy atom. The molecule has 2 aromatic carbocycles. The van der Waals surface area contributed by atoms with Gasteiger partial charge in [0.25, 0.3) is 0 Å². The average molecular weight is 471 g/mol. The second-order valence-corrected chi connectivity index (χ2v) is 8.81. The highest BCUT2D eigenvalue weighted by atomic mass is 35.5. The number of nitrogens with zero attached hydrogens (tertiary/aromatic N) is 1. The minimum atomic E-state index is -0.957. The smallest absolute Gasteiger partial charge is 0.333 e. The van der Waals surface area contributed by atoms with E-state index in [0.717, 1.165) is 22.4 Å². The van der Waals surface area contributed by atoms with Gasteiger partial charge in [0, 0.05) is 31.1 Å². The van der Waals surface area contributed by atoms with E-state index in [1.54, 1.807) is 11.0 Å². The molecule has 0 aromatic heterocycles. The van der Waals surface area contributed by atoms with Crippen molar-refractivity contribution < 1.29 is 24.2 Å². The van der Waals surface area contributed by atoms with Crippen molar-refractivity contribution in [3.05, 3.63) is 64.2 Å². The summed E-state index contributed by atoms with van der Waals surface area (Å²) in [6, 6.07) is 12.6. The van der Waals surface area contributed by atoms with Gasteiger partial charge in [0.15, 0.2) is 0 Å². The molecule has 33 heavy (non-hydrogen) atoms. The van der Waals surface area contributed by atoms with Gasteiger partial charge in [-0.05, 0) is 60.4 Å². The molecule has 4 rings (SSSR count). The summed E-state index contributed by atoms with van der Waals surface area (Å²) < 4.78 is 11.5. The molecule has 2 aliphatic rings. The van der Waals surface area contributed by atoms with E-state index in [9.17, 15) is 14.7 Å². The maximum atomic E-state index is 12.1. The molecule has 1 fully saturated rings. The Hall–Kier alpha value is -3.03. The summed E-state index contributed by atoms with van der Waals surface area (Å²) in [5.41, 5.74) is 2.97. The second kappa shape index (κ2) is 9.85. The monoisotopic (exact) mass is 470 g/mol. The number of ether oxygens (including phenoxy) is 2. The van der Waals surface area contributed by atoms with E-state index in [2.05, 4.69) is 5.32 Å². The lowest BCUT2D eigenvalue weighted by molar-refractivity contribution is -0.135. The standard InChI is InChI=1S/C25H27ClN2O5/c1-15-11-18(26)5-8-23(15)33-10-9-32-20-6-3-17(4-7-20)21-12-19-13-28(16(2)29)14-22(27-19)24(21)25(30)31/h3-8,11,19,22,27H,9-10,12-14H2,1-2H3,(H,30,31). The number of piperazine rings is 1. The number of carboxylic acid groups (broad SMARTS) is 1. The second-order valence-electron chi connectivity index (χ2n) is 8.37. The molecule has 0 aliphatic carbocycles. The first kappa shape index (κ1) is 23.1. The lowest BCUT2D eigenvalue weighted by Gasteiger charge is -2.43. The maximum Gasteiger partial charge on any atom is 0.333 e. The number of aliphatic carboxylic acids is 1. The SMILES string of the molecule is CC(=O)N1CC2CC(c3ccc(OCCOc4ccc(Cl)cc4C)cc3)=C(C(=O)O)C(C1)N2.